The Labute approximate surface area is 150 Å². The van der Waals surface area contributed by atoms with Gasteiger partial charge in [-0.1, -0.05) is 29.8 Å². The molecule has 24 heavy (non-hydrogen) atoms. The molecule has 0 bridgehead atoms. The zero-order valence-electron chi connectivity index (χ0n) is 13.6. The van der Waals surface area contributed by atoms with Gasteiger partial charge in [0.1, 0.15) is 6.04 Å². The van der Waals surface area contributed by atoms with Crippen molar-refractivity contribution in [3.05, 3.63) is 46.5 Å². The molecule has 5 nitrogen and oxygen atoms in total. The molecule has 0 aromatic heterocycles. The van der Waals surface area contributed by atoms with E-state index in [0.717, 1.165) is 12.0 Å². The number of esters is 1. The number of carboxylic acid groups (broad SMARTS) is 1. The Morgan fingerprint density at radius 3 is 2.75 bits per heavy atom. The Bertz CT molecular complexity index is 649. The number of carbonyl (C=O) groups excluding carboxylic acids is 1. The van der Waals surface area contributed by atoms with Gasteiger partial charge in [0.15, 0.2) is 0 Å². The summed E-state index contributed by atoms with van der Waals surface area (Å²) in [5, 5.41) is 9.73. The molecule has 0 spiro atoms. The minimum atomic E-state index is -0.974. The van der Waals surface area contributed by atoms with Crippen molar-refractivity contribution in [1.82, 2.24) is 4.90 Å². The summed E-state index contributed by atoms with van der Waals surface area (Å²) in [4.78, 5) is 25.4. The monoisotopic (exact) mass is 369 g/mol. The van der Waals surface area contributed by atoms with E-state index in [1.807, 2.05) is 17.2 Å². The molecule has 0 radical (unpaired) electrons. The van der Waals surface area contributed by atoms with Crippen LogP contribution in [0.2, 0.25) is 5.02 Å². The van der Waals surface area contributed by atoms with E-state index in [1.54, 1.807) is 30.0 Å². The molecule has 1 saturated heterocycles. The molecule has 1 heterocycles. The van der Waals surface area contributed by atoms with Crippen molar-refractivity contribution < 1.29 is 19.4 Å². The number of carboxylic acids is 1. The maximum Gasteiger partial charge on any atom is 0.328 e. The third-order valence-electron chi connectivity index (χ3n) is 4.06. The van der Waals surface area contributed by atoms with Gasteiger partial charge in [-0.05, 0) is 29.9 Å². The molecule has 7 heteroatoms. The Balaban J connectivity index is 2.36. The van der Waals surface area contributed by atoms with Crippen molar-refractivity contribution in [2.24, 2.45) is 0 Å². The molecular weight excluding hydrogens is 350 g/mol. The van der Waals surface area contributed by atoms with E-state index in [4.69, 9.17) is 21.4 Å². The van der Waals surface area contributed by atoms with Gasteiger partial charge in [0.2, 0.25) is 0 Å². The zero-order valence-corrected chi connectivity index (χ0v) is 15.1. The van der Waals surface area contributed by atoms with Gasteiger partial charge in [-0.3, -0.25) is 4.90 Å². The predicted octanol–water partition coefficient (Wildman–Crippen LogP) is 3.00. The van der Waals surface area contributed by atoms with Crippen LogP contribution in [0.1, 0.15) is 18.0 Å². The smallest absolute Gasteiger partial charge is 0.328 e. The number of benzene rings is 1. The fourth-order valence-corrected chi connectivity index (χ4v) is 3.98. The summed E-state index contributed by atoms with van der Waals surface area (Å²) >= 11 is 7.89. The number of aliphatic carboxylic acids is 1. The van der Waals surface area contributed by atoms with Crippen molar-refractivity contribution >= 4 is 35.3 Å². The van der Waals surface area contributed by atoms with Crippen LogP contribution >= 0.6 is 23.4 Å². The molecule has 1 aromatic rings. The number of hydrogen-bond donors (Lipinski definition) is 1. The molecule has 1 N–H and O–H groups in total. The SMILES string of the molecule is COC(=O)C(c1ccccc1Cl)N1CCC(SC)/C(=C\C(=O)O)C1. The van der Waals surface area contributed by atoms with Crippen LogP contribution in [-0.2, 0) is 14.3 Å². The van der Waals surface area contributed by atoms with E-state index in [9.17, 15) is 9.59 Å². The average Bonchev–Trinajstić information content (AvgIpc) is 2.56. The molecule has 2 rings (SSSR count). The quantitative estimate of drug-likeness (QED) is 0.635. The highest BCUT2D eigenvalue weighted by Gasteiger charge is 2.35. The van der Waals surface area contributed by atoms with Crippen LogP contribution in [0.25, 0.3) is 0 Å². The van der Waals surface area contributed by atoms with Crippen LogP contribution in [0, 0.1) is 0 Å². The van der Waals surface area contributed by atoms with Crippen molar-refractivity contribution in [2.45, 2.75) is 17.7 Å². The standard InChI is InChI=1S/C17H20ClNO4S/c1-23-17(22)16(12-5-3-4-6-13(12)18)19-8-7-14(24-2)11(10-19)9-15(20)21/h3-6,9,14,16H,7-8,10H2,1-2H3,(H,20,21)/b11-9-. The second kappa shape index (κ2) is 8.55. The first-order valence-electron chi connectivity index (χ1n) is 7.50. The molecule has 1 aliphatic heterocycles. The van der Waals surface area contributed by atoms with Crippen LogP contribution in [0.15, 0.2) is 35.9 Å². The van der Waals surface area contributed by atoms with E-state index >= 15 is 0 Å². The Morgan fingerprint density at radius 2 is 2.17 bits per heavy atom. The van der Waals surface area contributed by atoms with Gasteiger partial charge in [0.05, 0.1) is 7.11 Å². The van der Waals surface area contributed by atoms with Gasteiger partial charge in [-0.2, -0.15) is 11.8 Å². The number of piperidine rings is 1. The van der Waals surface area contributed by atoms with Crippen molar-refractivity contribution in [3.63, 3.8) is 0 Å². The third kappa shape index (κ3) is 4.32. The Hall–Kier alpha value is -1.50. The van der Waals surface area contributed by atoms with Crippen LogP contribution in [0.5, 0.6) is 0 Å². The van der Waals surface area contributed by atoms with Gasteiger partial charge in [-0.15, -0.1) is 0 Å². The topological polar surface area (TPSA) is 66.8 Å². The molecule has 130 valence electrons. The summed E-state index contributed by atoms with van der Waals surface area (Å²) in [5.41, 5.74) is 1.46. The van der Waals surface area contributed by atoms with Gasteiger partial charge in [0.25, 0.3) is 0 Å². The van der Waals surface area contributed by atoms with Crippen LogP contribution in [-0.4, -0.2) is 53.7 Å². The molecule has 1 fully saturated rings. The molecule has 2 unspecified atom stereocenters. The number of hydrogen-bond acceptors (Lipinski definition) is 5. The largest absolute Gasteiger partial charge is 0.478 e. The zero-order chi connectivity index (χ0) is 17.7. The lowest BCUT2D eigenvalue weighted by atomic mass is 9.98. The van der Waals surface area contributed by atoms with Crippen LogP contribution < -0.4 is 0 Å². The summed E-state index contributed by atoms with van der Waals surface area (Å²) in [6.07, 6.45) is 3.97. The lowest BCUT2D eigenvalue weighted by molar-refractivity contribution is -0.147. The fraction of sp³-hybridized carbons (Fsp3) is 0.412. The summed E-state index contributed by atoms with van der Waals surface area (Å²) in [5.74, 6) is -1.38. The number of carbonyl (C=O) groups is 2. The first kappa shape index (κ1) is 18.8. The van der Waals surface area contributed by atoms with Crippen molar-refractivity contribution in [2.75, 3.05) is 26.5 Å². The van der Waals surface area contributed by atoms with Crippen LogP contribution in [0.3, 0.4) is 0 Å². The molecule has 0 aliphatic carbocycles. The Kier molecular flexibility index (Phi) is 6.71. The van der Waals surface area contributed by atoms with Crippen molar-refractivity contribution in [1.29, 1.82) is 0 Å². The lowest BCUT2D eigenvalue weighted by Gasteiger charge is -2.37. The van der Waals surface area contributed by atoms with Crippen molar-refractivity contribution in [3.8, 4) is 0 Å². The van der Waals surface area contributed by atoms with E-state index in [-0.39, 0.29) is 5.25 Å². The highest BCUT2D eigenvalue weighted by atomic mass is 35.5. The molecule has 0 saturated carbocycles. The van der Waals surface area contributed by atoms with Crippen LogP contribution in [0.4, 0.5) is 0 Å². The Morgan fingerprint density at radius 1 is 1.46 bits per heavy atom. The van der Waals surface area contributed by atoms with E-state index in [2.05, 4.69) is 0 Å². The highest BCUT2D eigenvalue weighted by Crippen LogP contribution is 2.34. The number of halogens is 1. The van der Waals surface area contributed by atoms with E-state index in [1.165, 1.54) is 13.2 Å². The summed E-state index contributed by atoms with van der Waals surface area (Å²) in [6, 6.07) is 6.50. The van der Waals surface area contributed by atoms with Gasteiger partial charge in [-0.25, -0.2) is 9.59 Å². The number of nitrogens with zero attached hydrogens (tertiary/aromatic N) is 1. The summed E-state index contributed by atoms with van der Waals surface area (Å²) in [7, 11) is 1.34. The number of thioether (sulfide) groups is 1. The number of methoxy groups -OCH3 is 1. The maximum atomic E-state index is 12.4. The maximum absolute atomic E-state index is 12.4. The number of likely N-dealkylation sites (tertiary alicyclic amines) is 1. The van der Waals surface area contributed by atoms with Gasteiger partial charge in [0, 0.05) is 29.4 Å². The molecule has 1 aromatic carbocycles. The average molecular weight is 370 g/mol. The second-order valence-electron chi connectivity index (χ2n) is 5.49. The number of rotatable bonds is 5. The first-order valence-corrected chi connectivity index (χ1v) is 9.17. The minimum absolute atomic E-state index is 0.141. The first-order chi connectivity index (χ1) is 11.5. The molecule has 2 atom stereocenters. The number of ether oxygens (including phenoxy) is 1. The van der Waals surface area contributed by atoms with Gasteiger partial charge < -0.3 is 9.84 Å². The highest BCUT2D eigenvalue weighted by molar-refractivity contribution is 7.99. The lowest BCUT2D eigenvalue weighted by Crippen LogP contribution is -2.43. The van der Waals surface area contributed by atoms with Gasteiger partial charge >= 0.3 is 11.9 Å². The summed E-state index contributed by atoms with van der Waals surface area (Å²) < 4.78 is 4.96. The summed E-state index contributed by atoms with van der Waals surface area (Å²) in [6.45, 7) is 1.05. The normalized spacial score (nSPS) is 21.5. The molecule has 0 amide bonds. The predicted molar refractivity (Wildman–Crippen MR) is 95.4 cm³/mol. The second-order valence-corrected chi connectivity index (χ2v) is 6.94. The fourth-order valence-electron chi connectivity index (χ4n) is 2.95. The van der Waals surface area contributed by atoms with E-state index < -0.39 is 18.0 Å². The third-order valence-corrected chi connectivity index (χ3v) is 5.51. The van der Waals surface area contributed by atoms with E-state index in [0.29, 0.717) is 23.7 Å². The molecule has 1 aliphatic rings. The minimum Gasteiger partial charge on any atom is -0.478 e. The molecular formula is C17H20ClNO4S.